The van der Waals surface area contributed by atoms with Crippen LogP contribution >= 0.6 is 11.8 Å². The SMILES string of the molecule is CCCC(C)C(CN)N1CCSCC1S(C)(=O)=O. The van der Waals surface area contributed by atoms with Gasteiger partial charge in [0.15, 0.2) is 9.84 Å². The van der Waals surface area contributed by atoms with Gasteiger partial charge in [0.1, 0.15) is 5.37 Å². The third kappa shape index (κ3) is 4.11. The maximum atomic E-state index is 11.9. The van der Waals surface area contributed by atoms with E-state index in [0.29, 0.717) is 18.2 Å². The van der Waals surface area contributed by atoms with Crippen molar-refractivity contribution in [2.24, 2.45) is 11.7 Å². The molecule has 0 amide bonds. The molecule has 1 aliphatic heterocycles. The van der Waals surface area contributed by atoms with E-state index in [2.05, 4.69) is 18.7 Å². The van der Waals surface area contributed by atoms with Crippen molar-refractivity contribution in [2.45, 2.75) is 38.1 Å². The summed E-state index contributed by atoms with van der Waals surface area (Å²) in [6, 6.07) is 0.186. The number of thioether (sulfide) groups is 1. The highest BCUT2D eigenvalue weighted by Crippen LogP contribution is 2.26. The summed E-state index contributed by atoms with van der Waals surface area (Å²) >= 11 is 1.72. The lowest BCUT2D eigenvalue weighted by atomic mass is 9.95. The Kier molecular flexibility index (Phi) is 6.44. The molecule has 1 fully saturated rings. The van der Waals surface area contributed by atoms with Gasteiger partial charge < -0.3 is 5.73 Å². The Morgan fingerprint density at radius 2 is 2.17 bits per heavy atom. The first-order chi connectivity index (χ1) is 8.41. The van der Waals surface area contributed by atoms with Gasteiger partial charge in [0, 0.05) is 36.9 Å². The minimum atomic E-state index is -3.03. The van der Waals surface area contributed by atoms with Gasteiger partial charge in [-0.05, 0) is 12.3 Å². The number of nitrogens with two attached hydrogens (primary N) is 1. The van der Waals surface area contributed by atoms with E-state index in [1.54, 1.807) is 11.8 Å². The first-order valence-corrected chi connectivity index (χ1v) is 9.75. The molecule has 18 heavy (non-hydrogen) atoms. The van der Waals surface area contributed by atoms with Gasteiger partial charge in [0.2, 0.25) is 0 Å². The zero-order valence-electron chi connectivity index (χ0n) is 11.6. The fourth-order valence-corrected chi connectivity index (χ4v) is 5.62. The number of rotatable bonds is 6. The molecule has 0 aromatic heterocycles. The molecule has 0 aromatic rings. The highest BCUT2D eigenvalue weighted by atomic mass is 32.2. The normalized spacial score (nSPS) is 25.9. The molecular formula is C12H26N2O2S2. The summed E-state index contributed by atoms with van der Waals surface area (Å²) in [7, 11) is -3.03. The average Bonchev–Trinajstić information content (AvgIpc) is 2.29. The van der Waals surface area contributed by atoms with E-state index < -0.39 is 9.84 Å². The van der Waals surface area contributed by atoms with Gasteiger partial charge in [-0.2, -0.15) is 11.8 Å². The van der Waals surface area contributed by atoms with Crippen molar-refractivity contribution in [3.05, 3.63) is 0 Å². The molecule has 3 unspecified atom stereocenters. The minimum Gasteiger partial charge on any atom is -0.329 e. The van der Waals surface area contributed by atoms with E-state index in [1.165, 1.54) is 6.26 Å². The van der Waals surface area contributed by atoms with E-state index in [-0.39, 0.29) is 11.4 Å². The smallest absolute Gasteiger partial charge is 0.164 e. The average molecular weight is 294 g/mol. The lowest BCUT2D eigenvalue weighted by Crippen LogP contribution is -2.56. The van der Waals surface area contributed by atoms with Crippen molar-refractivity contribution in [1.82, 2.24) is 4.90 Å². The maximum absolute atomic E-state index is 11.9. The summed E-state index contributed by atoms with van der Waals surface area (Å²) < 4.78 is 23.8. The van der Waals surface area contributed by atoms with Crippen LogP contribution in [0.3, 0.4) is 0 Å². The van der Waals surface area contributed by atoms with Crippen LogP contribution in [0.2, 0.25) is 0 Å². The first kappa shape index (κ1) is 16.3. The zero-order valence-corrected chi connectivity index (χ0v) is 13.3. The van der Waals surface area contributed by atoms with Gasteiger partial charge in [-0.1, -0.05) is 20.3 Å². The lowest BCUT2D eigenvalue weighted by molar-refractivity contribution is 0.143. The summed E-state index contributed by atoms with van der Waals surface area (Å²) in [5.41, 5.74) is 5.90. The molecule has 3 atom stereocenters. The van der Waals surface area contributed by atoms with E-state index in [4.69, 9.17) is 5.73 Å². The molecule has 0 radical (unpaired) electrons. The van der Waals surface area contributed by atoms with Gasteiger partial charge in [-0.3, -0.25) is 4.90 Å². The van der Waals surface area contributed by atoms with Gasteiger partial charge in [0.25, 0.3) is 0 Å². The minimum absolute atomic E-state index is 0.186. The molecule has 0 saturated carbocycles. The Bertz CT molecular complexity index is 346. The fourth-order valence-electron chi connectivity index (χ4n) is 2.69. The van der Waals surface area contributed by atoms with Crippen LogP contribution in [0.15, 0.2) is 0 Å². The van der Waals surface area contributed by atoms with E-state index >= 15 is 0 Å². The predicted molar refractivity (Wildman–Crippen MR) is 79.6 cm³/mol. The van der Waals surface area contributed by atoms with Crippen molar-refractivity contribution < 1.29 is 8.42 Å². The third-order valence-corrected chi connectivity index (χ3v) is 6.35. The summed E-state index contributed by atoms with van der Waals surface area (Å²) in [5, 5.41) is -0.357. The van der Waals surface area contributed by atoms with Crippen LogP contribution in [0.4, 0.5) is 0 Å². The van der Waals surface area contributed by atoms with Crippen molar-refractivity contribution in [3.8, 4) is 0 Å². The summed E-state index contributed by atoms with van der Waals surface area (Å²) in [4.78, 5) is 2.13. The van der Waals surface area contributed by atoms with Crippen LogP contribution in [0.5, 0.6) is 0 Å². The molecule has 0 aliphatic carbocycles. The summed E-state index contributed by atoms with van der Waals surface area (Å²) in [6.07, 6.45) is 3.56. The highest BCUT2D eigenvalue weighted by Gasteiger charge is 2.36. The predicted octanol–water partition coefficient (Wildman–Crippen LogP) is 1.17. The fraction of sp³-hybridized carbons (Fsp3) is 1.00. The van der Waals surface area contributed by atoms with Crippen LogP contribution in [0.25, 0.3) is 0 Å². The van der Waals surface area contributed by atoms with Crippen molar-refractivity contribution in [1.29, 1.82) is 0 Å². The lowest BCUT2D eigenvalue weighted by Gasteiger charge is -2.42. The number of sulfone groups is 1. The van der Waals surface area contributed by atoms with Gasteiger partial charge in [0.05, 0.1) is 0 Å². The molecule has 2 N–H and O–H groups in total. The molecule has 0 aromatic carbocycles. The Hall–Kier alpha value is 0.220. The second-order valence-corrected chi connectivity index (χ2v) is 8.52. The third-order valence-electron chi connectivity index (χ3n) is 3.69. The molecule has 0 spiro atoms. The standard InChI is InChI=1S/C12H26N2O2S2/c1-4-5-10(2)11(8-13)14-6-7-17-9-12(14)18(3,15)16/h10-12H,4-9,13H2,1-3H3. The Morgan fingerprint density at radius 3 is 2.67 bits per heavy atom. The highest BCUT2D eigenvalue weighted by molar-refractivity contribution is 8.00. The second-order valence-electron chi connectivity index (χ2n) is 5.17. The van der Waals surface area contributed by atoms with Crippen LogP contribution in [0, 0.1) is 5.92 Å². The molecule has 4 nitrogen and oxygen atoms in total. The van der Waals surface area contributed by atoms with E-state index in [9.17, 15) is 8.42 Å². The molecule has 6 heteroatoms. The summed E-state index contributed by atoms with van der Waals surface area (Å²) in [5.74, 6) is 2.13. The first-order valence-electron chi connectivity index (χ1n) is 6.64. The molecule has 1 heterocycles. The molecule has 0 bridgehead atoms. The quantitative estimate of drug-likeness (QED) is 0.797. The number of hydrogen-bond acceptors (Lipinski definition) is 5. The van der Waals surface area contributed by atoms with Gasteiger partial charge in [-0.25, -0.2) is 8.42 Å². The molecular weight excluding hydrogens is 268 g/mol. The second kappa shape index (κ2) is 7.12. The molecule has 108 valence electrons. The Morgan fingerprint density at radius 1 is 1.50 bits per heavy atom. The van der Waals surface area contributed by atoms with Crippen LogP contribution in [-0.2, 0) is 9.84 Å². The van der Waals surface area contributed by atoms with Crippen molar-refractivity contribution in [3.63, 3.8) is 0 Å². The summed E-state index contributed by atoms with van der Waals surface area (Å²) in [6.45, 7) is 5.71. The number of nitrogens with zero attached hydrogens (tertiary/aromatic N) is 1. The monoisotopic (exact) mass is 294 g/mol. The van der Waals surface area contributed by atoms with Gasteiger partial charge in [-0.15, -0.1) is 0 Å². The topological polar surface area (TPSA) is 63.4 Å². The largest absolute Gasteiger partial charge is 0.329 e. The maximum Gasteiger partial charge on any atom is 0.164 e. The number of hydrogen-bond donors (Lipinski definition) is 1. The molecule has 1 rings (SSSR count). The van der Waals surface area contributed by atoms with Crippen LogP contribution in [0.1, 0.15) is 26.7 Å². The van der Waals surface area contributed by atoms with Crippen LogP contribution < -0.4 is 5.73 Å². The Labute approximate surface area is 116 Å². The van der Waals surface area contributed by atoms with Gasteiger partial charge >= 0.3 is 0 Å². The zero-order chi connectivity index (χ0) is 13.8. The van der Waals surface area contributed by atoms with E-state index in [0.717, 1.165) is 25.1 Å². The molecule has 1 saturated heterocycles. The molecule has 1 aliphatic rings. The van der Waals surface area contributed by atoms with E-state index in [1.807, 2.05) is 0 Å². The van der Waals surface area contributed by atoms with Crippen molar-refractivity contribution >= 4 is 21.6 Å². The Balaban J connectivity index is 2.87. The van der Waals surface area contributed by atoms with Crippen LogP contribution in [-0.4, -0.2) is 55.6 Å². The van der Waals surface area contributed by atoms with Crippen molar-refractivity contribution in [2.75, 3.05) is 30.9 Å².